The van der Waals surface area contributed by atoms with Gasteiger partial charge in [-0.2, -0.15) is 13.2 Å². The van der Waals surface area contributed by atoms with E-state index in [4.69, 9.17) is 5.11 Å². The van der Waals surface area contributed by atoms with E-state index >= 15 is 0 Å². The summed E-state index contributed by atoms with van der Waals surface area (Å²) >= 11 is 0. The van der Waals surface area contributed by atoms with Gasteiger partial charge < -0.3 is 10.1 Å². The van der Waals surface area contributed by atoms with Crippen molar-refractivity contribution in [3.05, 3.63) is 33.2 Å². The molecule has 0 spiro atoms. The predicted octanol–water partition coefficient (Wildman–Crippen LogP) is 2.03. The van der Waals surface area contributed by atoms with Crippen LogP contribution in [0.25, 0.3) is 0 Å². The van der Waals surface area contributed by atoms with E-state index in [2.05, 4.69) is 0 Å². The molecule has 1 heterocycles. The molecule has 4 nitrogen and oxygen atoms in total. The average molecular weight is 257 g/mol. The first-order chi connectivity index (χ1) is 7.64. The Bertz CT molecular complexity index is 505. The maximum atomic E-state index is 12.4. The molecule has 0 bridgehead atoms. The van der Waals surface area contributed by atoms with Gasteiger partial charge in [-0.3, -0.25) is 4.79 Å². The Hall–Kier alpha value is -1.93. The zero-order valence-electron chi connectivity index (χ0n) is 7.81. The number of hydrogen-bond acceptors (Lipinski definition) is 2. The summed E-state index contributed by atoms with van der Waals surface area (Å²) in [6, 6.07) is -0.0878. The molecule has 1 rings (SSSR count). The second kappa shape index (κ2) is 4.15. The maximum Gasteiger partial charge on any atom is 0.417 e. The number of nitrogens with one attached hydrogen (secondary N) is 1. The molecule has 0 saturated heterocycles. The molecular formula is C8H4F5NO3. The number of hydrogen-bond donors (Lipinski definition) is 2. The van der Waals surface area contributed by atoms with E-state index in [-0.39, 0.29) is 6.07 Å². The molecule has 17 heavy (non-hydrogen) atoms. The van der Waals surface area contributed by atoms with Gasteiger partial charge in [0.25, 0.3) is 12.0 Å². The number of carbonyl (C=O) groups is 1. The molecule has 1 aromatic rings. The summed E-state index contributed by atoms with van der Waals surface area (Å²) in [5.41, 5.74) is -6.51. The number of aromatic amines is 1. The summed E-state index contributed by atoms with van der Waals surface area (Å²) in [6.07, 6.45) is -8.54. The lowest BCUT2D eigenvalue weighted by Gasteiger charge is -2.11. The van der Waals surface area contributed by atoms with E-state index in [1.54, 1.807) is 0 Å². The van der Waals surface area contributed by atoms with Crippen LogP contribution in [0.1, 0.15) is 28.0 Å². The third-order valence-corrected chi connectivity index (χ3v) is 1.81. The standard InChI is InChI=1S/C8H4F5NO3/c9-5(10)3-1-2(8(11,12)13)4(7(16)17)6(15)14-3/h1,5H,(H,14,15)(H,16,17). The highest BCUT2D eigenvalue weighted by Crippen LogP contribution is 2.32. The van der Waals surface area contributed by atoms with Gasteiger partial charge in [-0.25, -0.2) is 13.6 Å². The van der Waals surface area contributed by atoms with E-state index in [0.717, 1.165) is 0 Å². The number of halogens is 5. The fourth-order valence-electron chi connectivity index (χ4n) is 1.13. The molecule has 0 aliphatic rings. The topological polar surface area (TPSA) is 70.2 Å². The van der Waals surface area contributed by atoms with Gasteiger partial charge in [-0.15, -0.1) is 0 Å². The highest BCUT2D eigenvalue weighted by atomic mass is 19.4. The van der Waals surface area contributed by atoms with Crippen LogP contribution >= 0.6 is 0 Å². The Morgan fingerprint density at radius 2 is 1.88 bits per heavy atom. The number of carboxylic acid groups (broad SMARTS) is 1. The number of alkyl halides is 5. The van der Waals surface area contributed by atoms with Gasteiger partial charge in [0.15, 0.2) is 0 Å². The Morgan fingerprint density at radius 1 is 1.35 bits per heavy atom. The fourth-order valence-corrected chi connectivity index (χ4v) is 1.13. The van der Waals surface area contributed by atoms with Crippen LogP contribution in [0.5, 0.6) is 0 Å². The predicted molar refractivity (Wildman–Crippen MR) is 44.0 cm³/mol. The van der Waals surface area contributed by atoms with E-state index in [1.165, 1.54) is 4.98 Å². The van der Waals surface area contributed by atoms with Gasteiger partial charge in [0.1, 0.15) is 5.56 Å². The van der Waals surface area contributed by atoms with Crippen molar-refractivity contribution in [2.45, 2.75) is 12.6 Å². The molecular weight excluding hydrogens is 253 g/mol. The van der Waals surface area contributed by atoms with Crippen LogP contribution in [-0.2, 0) is 6.18 Å². The summed E-state index contributed by atoms with van der Waals surface area (Å²) in [5.74, 6) is -2.14. The van der Waals surface area contributed by atoms with Crippen LogP contribution < -0.4 is 5.56 Å². The molecule has 0 aliphatic heterocycles. The molecule has 0 amide bonds. The van der Waals surface area contributed by atoms with Crippen molar-refractivity contribution < 1.29 is 31.9 Å². The van der Waals surface area contributed by atoms with Crippen LogP contribution in [0.3, 0.4) is 0 Å². The van der Waals surface area contributed by atoms with Crippen LogP contribution in [0.2, 0.25) is 0 Å². The molecule has 0 atom stereocenters. The summed E-state index contributed by atoms with van der Waals surface area (Å²) in [6.45, 7) is 0. The number of aromatic carboxylic acids is 1. The summed E-state index contributed by atoms with van der Waals surface area (Å²) in [7, 11) is 0. The van der Waals surface area contributed by atoms with Gasteiger partial charge in [-0.05, 0) is 6.07 Å². The highest BCUT2D eigenvalue weighted by molar-refractivity contribution is 5.89. The number of H-pyrrole nitrogens is 1. The third kappa shape index (κ3) is 2.60. The van der Waals surface area contributed by atoms with Crippen molar-refractivity contribution in [2.24, 2.45) is 0 Å². The molecule has 0 aromatic carbocycles. The Kier molecular flexibility index (Phi) is 3.21. The molecule has 0 unspecified atom stereocenters. The zero-order valence-corrected chi connectivity index (χ0v) is 7.81. The largest absolute Gasteiger partial charge is 0.477 e. The van der Waals surface area contributed by atoms with Crippen LogP contribution in [0.15, 0.2) is 10.9 Å². The number of pyridine rings is 1. The second-order valence-corrected chi connectivity index (χ2v) is 2.95. The van der Waals surface area contributed by atoms with Crippen molar-refractivity contribution in [3.63, 3.8) is 0 Å². The van der Waals surface area contributed by atoms with Crippen molar-refractivity contribution in [1.82, 2.24) is 4.98 Å². The minimum Gasteiger partial charge on any atom is -0.477 e. The SMILES string of the molecule is O=C(O)c1c(C(F)(F)F)cc(C(F)F)[nH]c1=O. The molecule has 2 N–H and O–H groups in total. The minimum absolute atomic E-state index is 0.0878. The van der Waals surface area contributed by atoms with E-state index in [9.17, 15) is 31.5 Å². The lowest BCUT2D eigenvalue weighted by molar-refractivity contribution is -0.138. The van der Waals surface area contributed by atoms with Crippen molar-refractivity contribution >= 4 is 5.97 Å². The minimum atomic E-state index is -5.20. The van der Waals surface area contributed by atoms with E-state index in [0.29, 0.717) is 0 Å². The van der Waals surface area contributed by atoms with Gasteiger partial charge in [-0.1, -0.05) is 0 Å². The molecule has 94 valence electrons. The van der Waals surface area contributed by atoms with E-state index in [1.807, 2.05) is 0 Å². The van der Waals surface area contributed by atoms with Crippen molar-refractivity contribution in [2.75, 3.05) is 0 Å². The van der Waals surface area contributed by atoms with Gasteiger partial charge >= 0.3 is 12.1 Å². The third-order valence-electron chi connectivity index (χ3n) is 1.81. The quantitative estimate of drug-likeness (QED) is 0.796. The molecule has 9 heteroatoms. The van der Waals surface area contributed by atoms with Gasteiger partial charge in [0, 0.05) is 0 Å². The summed E-state index contributed by atoms with van der Waals surface area (Å²) in [5, 5.41) is 8.43. The summed E-state index contributed by atoms with van der Waals surface area (Å²) < 4.78 is 61.4. The first-order valence-electron chi connectivity index (χ1n) is 4.00. The second-order valence-electron chi connectivity index (χ2n) is 2.95. The molecule has 0 fully saturated rings. The lowest BCUT2D eigenvalue weighted by Crippen LogP contribution is -2.26. The van der Waals surface area contributed by atoms with Crippen molar-refractivity contribution in [3.8, 4) is 0 Å². The Labute approximate surface area is 89.7 Å². The smallest absolute Gasteiger partial charge is 0.417 e. The normalized spacial score (nSPS) is 11.9. The van der Waals surface area contributed by atoms with Crippen LogP contribution in [0, 0.1) is 0 Å². The Morgan fingerprint density at radius 3 is 2.24 bits per heavy atom. The Balaban J connectivity index is 3.63. The van der Waals surface area contributed by atoms with Crippen LogP contribution in [-0.4, -0.2) is 16.1 Å². The van der Waals surface area contributed by atoms with E-state index < -0.39 is 41.0 Å². The first kappa shape index (κ1) is 13.1. The first-order valence-corrected chi connectivity index (χ1v) is 4.00. The number of rotatable bonds is 2. The monoisotopic (exact) mass is 257 g/mol. The molecule has 0 radical (unpaired) electrons. The highest BCUT2D eigenvalue weighted by Gasteiger charge is 2.38. The lowest BCUT2D eigenvalue weighted by atomic mass is 10.1. The maximum absolute atomic E-state index is 12.4. The number of aromatic nitrogens is 1. The van der Waals surface area contributed by atoms with Crippen LogP contribution in [0.4, 0.5) is 22.0 Å². The summed E-state index contributed by atoms with van der Waals surface area (Å²) in [4.78, 5) is 22.8. The number of carboxylic acids is 1. The molecule has 0 aliphatic carbocycles. The van der Waals surface area contributed by atoms with Crippen molar-refractivity contribution in [1.29, 1.82) is 0 Å². The zero-order chi connectivity index (χ0) is 13.4. The molecule has 1 aromatic heterocycles. The molecule has 0 saturated carbocycles. The van der Waals surface area contributed by atoms with Gasteiger partial charge in [0.05, 0.1) is 11.3 Å². The fraction of sp³-hybridized carbons (Fsp3) is 0.250. The average Bonchev–Trinajstić information content (AvgIpc) is 2.14. The van der Waals surface area contributed by atoms with Gasteiger partial charge in [0.2, 0.25) is 0 Å².